The van der Waals surface area contributed by atoms with E-state index in [-0.39, 0.29) is 5.56 Å². The van der Waals surface area contributed by atoms with E-state index in [0.717, 1.165) is 21.9 Å². The fraction of sp³-hybridized carbons (Fsp3) is 0.0500. The van der Waals surface area contributed by atoms with Crippen LogP contribution in [0.4, 0.5) is 0 Å². The Morgan fingerprint density at radius 3 is 2.04 bits per heavy atom. The van der Waals surface area contributed by atoms with E-state index in [1.54, 1.807) is 6.07 Å². The zero-order chi connectivity index (χ0) is 16.2. The van der Waals surface area contributed by atoms with Gasteiger partial charge in [-0.3, -0.25) is 0 Å². The molecular weight excluding hydrogens is 282 g/mol. The number of nitrogens with zero attached hydrogens (tertiary/aromatic N) is 3. The number of hydrogen-bond acceptors (Lipinski definition) is 3. The van der Waals surface area contributed by atoms with Crippen LogP contribution in [0.3, 0.4) is 0 Å². The van der Waals surface area contributed by atoms with Gasteiger partial charge in [-0.1, -0.05) is 42.5 Å². The Balaban J connectivity index is 2.15. The Morgan fingerprint density at radius 1 is 0.652 bits per heavy atom. The number of benzene rings is 3. The largest absolute Gasteiger partial charge is 0.192 e. The fourth-order valence-corrected chi connectivity index (χ4v) is 2.73. The molecule has 3 rings (SSSR count). The summed E-state index contributed by atoms with van der Waals surface area (Å²) in [5.74, 6) is 0. The second-order valence-electron chi connectivity index (χ2n) is 5.21. The van der Waals surface area contributed by atoms with Gasteiger partial charge < -0.3 is 0 Å². The molecule has 0 aromatic heterocycles. The molecule has 0 atom stereocenters. The second-order valence-corrected chi connectivity index (χ2v) is 5.21. The van der Waals surface area contributed by atoms with Gasteiger partial charge in [-0.15, -0.1) is 0 Å². The summed E-state index contributed by atoms with van der Waals surface area (Å²) in [6.45, 7) is 0. The zero-order valence-corrected chi connectivity index (χ0v) is 12.2. The summed E-state index contributed by atoms with van der Waals surface area (Å²) >= 11 is 0. The Kier molecular flexibility index (Phi) is 3.75. The van der Waals surface area contributed by atoms with Crippen LogP contribution in [0, 0.1) is 34.0 Å². The first-order valence-corrected chi connectivity index (χ1v) is 7.10. The third-order valence-corrected chi connectivity index (χ3v) is 3.87. The highest BCUT2D eigenvalue weighted by atomic mass is 14.3. The molecule has 3 heteroatoms. The molecule has 0 heterocycles. The van der Waals surface area contributed by atoms with E-state index >= 15 is 0 Å². The van der Waals surface area contributed by atoms with Crippen LogP contribution in [0.5, 0.6) is 0 Å². The third kappa shape index (κ3) is 2.62. The van der Waals surface area contributed by atoms with Crippen molar-refractivity contribution in [1.82, 2.24) is 0 Å². The maximum Gasteiger partial charge on any atom is 0.101 e. The first-order valence-electron chi connectivity index (χ1n) is 7.10. The average Bonchev–Trinajstić information content (AvgIpc) is 2.61. The molecule has 0 spiro atoms. The predicted molar refractivity (Wildman–Crippen MR) is 87.3 cm³/mol. The fourth-order valence-electron chi connectivity index (χ4n) is 2.73. The lowest BCUT2D eigenvalue weighted by Gasteiger charge is -2.09. The Hall–Kier alpha value is -3.61. The zero-order valence-electron chi connectivity index (χ0n) is 12.2. The molecule has 0 N–H and O–H groups in total. The van der Waals surface area contributed by atoms with E-state index in [9.17, 15) is 10.5 Å². The van der Waals surface area contributed by atoms with Crippen LogP contribution in [0.15, 0.2) is 54.6 Å². The molecule has 0 saturated carbocycles. The molecule has 0 radical (unpaired) electrons. The van der Waals surface area contributed by atoms with Crippen molar-refractivity contribution < 1.29 is 0 Å². The SMILES string of the molecule is N#Cc1cc(C#N)c(Cc2cccc3ccccc23)cc1C#N. The molecule has 106 valence electrons. The van der Waals surface area contributed by atoms with Crippen LogP contribution in [0.2, 0.25) is 0 Å². The highest BCUT2D eigenvalue weighted by molar-refractivity contribution is 5.86. The molecule has 3 aromatic rings. The molecule has 23 heavy (non-hydrogen) atoms. The van der Waals surface area contributed by atoms with Crippen molar-refractivity contribution in [3.8, 4) is 18.2 Å². The van der Waals surface area contributed by atoms with Crippen LogP contribution in [0.25, 0.3) is 10.8 Å². The van der Waals surface area contributed by atoms with Gasteiger partial charge in [0.15, 0.2) is 0 Å². The van der Waals surface area contributed by atoms with Crippen LogP contribution in [-0.2, 0) is 6.42 Å². The van der Waals surface area contributed by atoms with Gasteiger partial charge >= 0.3 is 0 Å². The van der Waals surface area contributed by atoms with Gasteiger partial charge in [-0.05, 0) is 40.5 Å². The monoisotopic (exact) mass is 293 g/mol. The summed E-state index contributed by atoms with van der Waals surface area (Å²) in [5.41, 5.74) is 2.84. The first kappa shape index (κ1) is 14.3. The van der Waals surface area contributed by atoms with Crippen molar-refractivity contribution in [2.45, 2.75) is 6.42 Å². The lowest BCUT2D eigenvalue weighted by Crippen LogP contribution is -1.97. The normalized spacial score (nSPS) is 9.78. The summed E-state index contributed by atoms with van der Waals surface area (Å²) in [6.07, 6.45) is 0.546. The molecule has 3 aromatic carbocycles. The highest BCUT2D eigenvalue weighted by Crippen LogP contribution is 2.24. The van der Waals surface area contributed by atoms with E-state index in [1.807, 2.05) is 54.6 Å². The topological polar surface area (TPSA) is 71.4 Å². The van der Waals surface area contributed by atoms with Crippen molar-refractivity contribution in [3.05, 3.63) is 82.4 Å². The number of rotatable bonds is 2. The Labute approximate surface area is 134 Å². The van der Waals surface area contributed by atoms with E-state index in [4.69, 9.17) is 5.26 Å². The lowest BCUT2D eigenvalue weighted by molar-refractivity contribution is 1.19. The van der Waals surface area contributed by atoms with E-state index in [1.165, 1.54) is 6.07 Å². The van der Waals surface area contributed by atoms with Gasteiger partial charge in [0.2, 0.25) is 0 Å². The molecule has 0 aliphatic heterocycles. The van der Waals surface area contributed by atoms with E-state index < -0.39 is 0 Å². The number of hydrogen-bond donors (Lipinski definition) is 0. The third-order valence-electron chi connectivity index (χ3n) is 3.87. The van der Waals surface area contributed by atoms with Gasteiger partial charge in [0, 0.05) is 0 Å². The summed E-state index contributed by atoms with van der Waals surface area (Å²) in [4.78, 5) is 0. The second kappa shape index (κ2) is 6.02. The lowest BCUT2D eigenvalue weighted by atomic mass is 9.93. The van der Waals surface area contributed by atoms with Crippen molar-refractivity contribution in [2.75, 3.05) is 0 Å². The maximum absolute atomic E-state index is 9.35. The van der Waals surface area contributed by atoms with Crippen LogP contribution in [0.1, 0.15) is 27.8 Å². The average molecular weight is 293 g/mol. The summed E-state index contributed by atoms with van der Waals surface area (Å²) in [7, 11) is 0. The first-order chi connectivity index (χ1) is 11.3. The van der Waals surface area contributed by atoms with Crippen molar-refractivity contribution in [1.29, 1.82) is 15.8 Å². The minimum atomic E-state index is 0.241. The molecule has 0 aliphatic rings. The molecule has 0 unspecified atom stereocenters. The molecule has 3 nitrogen and oxygen atoms in total. The minimum absolute atomic E-state index is 0.241. The van der Waals surface area contributed by atoms with Crippen molar-refractivity contribution >= 4 is 10.8 Å². The summed E-state index contributed by atoms with van der Waals surface area (Å²) in [5, 5.41) is 29.9. The van der Waals surface area contributed by atoms with Crippen molar-refractivity contribution in [3.63, 3.8) is 0 Å². The number of nitriles is 3. The van der Waals surface area contributed by atoms with Crippen LogP contribution < -0.4 is 0 Å². The van der Waals surface area contributed by atoms with Crippen molar-refractivity contribution in [2.24, 2.45) is 0 Å². The minimum Gasteiger partial charge on any atom is -0.192 e. The molecular formula is C20H11N3. The van der Waals surface area contributed by atoms with Gasteiger partial charge in [-0.2, -0.15) is 15.8 Å². The summed E-state index contributed by atoms with van der Waals surface area (Å²) < 4.78 is 0. The molecule has 0 bridgehead atoms. The standard InChI is InChI=1S/C20H11N3/c21-11-17-10-19(13-23)18(12-22)9-16(17)8-15-6-3-5-14-4-1-2-7-20(14)15/h1-7,9-10H,8H2. The smallest absolute Gasteiger partial charge is 0.101 e. The molecule has 0 amide bonds. The quantitative estimate of drug-likeness (QED) is 0.715. The predicted octanol–water partition coefficient (Wildman–Crippen LogP) is 4.05. The van der Waals surface area contributed by atoms with E-state index in [0.29, 0.717) is 17.5 Å². The number of fused-ring (bicyclic) bond motifs is 1. The summed E-state index contributed by atoms with van der Waals surface area (Å²) in [6, 6.07) is 23.4. The van der Waals surface area contributed by atoms with Crippen LogP contribution in [-0.4, -0.2) is 0 Å². The van der Waals surface area contributed by atoms with E-state index in [2.05, 4.69) is 6.07 Å². The van der Waals surface area contributed by atoms with Gasteiger partial charge in [-0.25, -0.2) is 0 Å². The Bertz CT molecular complexity index is 1020. The molecule has 0 fully saturated rings. The highest BCUT2D eigenvalue weighted by Gasteiger charge is 2.11. The molecule has 0 saturated heterocycles. The van der Waals surface area contributed by atoms with Gasteiger partial charge in [0.25, 0.3) is 0 Å². The molecule has 0 aliphatic carbocycles. The van der Waals surface area contributed by atoms with Gasteiger partial charge in [0.1, 0.15) is 12.1 Å². The van der Waals surface area contributed by atoms with Gasteiger partial charge in [0.05, 0.1) is 22.8 Å². The maximum atomic E-state index is 9.35. The van der Waals surface area contributed by atoms with Crippen LogP contribution >= 0.6 is 0 Å². The Morgan fingerprint density at radius 2 is 1.30 bits per heavy atom.